The normalized spacial score (nSPS) is 10.6. The van der Waals surface area contributed by atoms with E-state index in [1.54, 1.807) is 12.3 Å². The molecule has 0 atom stereocenters. The molecule has 0 aliphatic heterocycles. The molecular weight excluding hydrogens is 176 g/mol. The molecule has 3 heteroatoms. The van der Waals surface area contributed by atoms with Crippen LogP contribution in [0.3, 0.4) is 0 Å². The predicted molar refractivity (Wildman–Crippen MR) is 58.4 cm³/mol. The molecule has 2 aromatic rings. The molecule has 2 rings (SSSR count). The molecule has 0 aliphatic carbocycles. The van der Waals surface area contributed by atoms with E-state index in [4.69, 9.17) is 5.73 Å². The van der Waals surface area contributed by atoms with Gasteiger partial charge in [0, 0.05) is 17.0 Å². The van der Waals surface area contributed by atoms with E-state index in [0.29, 0.717) is 11.1 Å². The highest BCUT2D eigenvalue weighted by molar-refractivity contribution is 5.94. The van der Waals surface area contributed by atoms with Crippen LogP contribution in [0.1, 0.15) is 12.5 Å². The van der Waals surface area contributed by atoms with Crippen molar-refractivity contribution < 1.29 is 0 Å². The fourth-order valence-corrected chi connectivity index (χ4v) is 1.72. The topological polar surface area (TPSA) is 58.9 Å². The second-order valence-electron chi connectivity index (χ2n) is 3.27. The van der Waals surface area contributed by atoms with Crippen molar-refractivity contribution in [3.8, 4) is 0 Å². The Kier molecular flexibility index (Phi) is 2.00. The van der Waals surface area contributed by atoms with Gasteiger partial charge in [-0.2, -0.15) is 0 Å². The number of aryl methyl sites for hydroxylation is 1. The third-order valence-electron chi connectivity index (χ3n) is 2.42. The molecule has 0 spiro atoms. The van der Waals surface area contributed by atoms with Crippen LogP contribution in [0.2, 0.25) is 0 Å². The van der Waals surface area contributed by atoms with Gasteiger partial charge in [-0.15, -0.1) is 0 Å². The molecule has 0 saturated carbocycles. The van der Waals surface area contributed by atoms with Crippen LogP contribution in [0.25, 0.3) is 10.8 Å². The van der Waals surface area contributed by atoms with Crippen LogP contribution in [0.5, 0.6) is 0 Å². The number of nitrogen functional groups attached to an aromatic ring is 1. The summed E-state index contributed by atoms with van der Waals surface area (Å²) in [5.74, 6) is 0. The number of nitrogens with two attached hydrogens (primary N) is 1. The summed E-state index contributed by atoms with van der Waals surface area (Å²) in [6, 6.07) is 5.68. The molecule has 0 aliphatic rings. The first-order valence-corrected chi connectivity index (χ1v) is 4.62. The maximum atomic E-state index is 11.5. The van der Waals surface area contributed by atoms with Gasteiger partial charge in [-0.25, -0.2) is 0 Å². The quantitative estimate of drug-likeness (QED) is 0.715. The first-order valence-electron chi connectivity index (χ1n) is 4.62. The number of pyridine rings is 1. The summed E-state index contributed by atoms with van der Waals surface area (Å²) in [5.41, 5.74) is 7.51. The van der Waals surface area contributed by atoms with Gasteiger partial charge in [0.15, 0.2) is 0 Å². The van der Waals surface area contributed by atoms with E-state index >= 15 is 0 Å². The Bertz CT molecular complexity index is 528. The summed E-state index contributed by atoms with van der Waals surface area (Å²) in [6.07, 6.45) is 2.44. The molecule has 1 aromatic carbocycles. The van der Waals surface area contributed by atoms with E-state index in [1.807, 2.05) is 12.1 Å². The summed E-state index contributed by atoms with van der Waals surface area (Å²) in [6.45, 7) is 2.05. The molecule has 1 aromatic heterocycles. The Morgan fingerprint density at radius 1 is 1.43 bits per heavy atom. The van der Waals surface area contributed by atoms with Crippen LogP contribution in [-0.4, -0.2) is 4.98 Å². The smallest absolute Gasteiger partial charge is 0.255 e. The van der Waals surface area contributed by atoms with Crippen molar-refractivity contribution in [2.75, 3.05) is 5.73 Å². The zero-order valence-electron chi connectivity index (χ0n) is 8.00. The molecule has 0 fully saturated rings. The van der Waals surface area contributed by atoms with Gasteiger partial charge in [0.1, 0.15) is 0 Å². The van der Waals surface area contributed by atoms with Gasteiger partial charge in [-0.3, -0.25) is 4.79 Å². The first kappa shape index (κ1) is 8.81. The van der Waals surface area contributed by atoms with Gasteiger partial charge < -0.3 is 10.7 Å². The number of rotatable bonds is 1. The maximum Gasteiger partial charge on any atom is 0.255 e. The average molecular weight is 188 g/mol. The third-order valence-corrected chi connectivity index (χ3v) is 2.42. The number of anilines is 1. The number of hydrogen-bond acceptors (Lipinski definition) is 2. The first-order chi connectivity index (χ1) is 6.74. The number of benzene rings is 1. The lowest BCUT2D eigenvalue weighted by Crippen LogP contribution is -2.08. The molecule has 0 saturated heterocycles. The summed E-state index contributed by atoms with van der Waals surface area (Å²) in [4.78, 5) is 14.1. The van der Waals surface area contributed by atoms with Crippen molar-refractivity contribution in [1.82, 2.24) is 4.98 Å². The summed E-state index contributed by atoms with van der Waals surface area (Å²) >= 11 is 0. The highest BCUT2D eigenvalue weighted by Crippen LogP contribution is 2.21. The van der Waals surface area contributed by atoms with Crippen molar-refractivity contribution >= 4 is 16.5 Å². The van der Waals surface area contributed by atoms with Crippen LogP contribution in [0.15, 0.2) is 29.2 Å². The van der Waals surface area contributed by atoms with Crippen LogP contribution < -0.4 is 11.3 Å². The number of aromatic amines is 1. The molecular formula is C11H12N2O. The fraction of sp³-hybridized carbons (Fsp3) is 0.182. The maximum absolute atomic E-state index is 11.5. The van der Waals surface area contributed by atoms with Gasteiger partial charge >= 0.3 is 0 Å². The Labute approximate surface area is 81.6 Å². The molecule has 72 valence electrons. The van der Waals surface area contributed by atoms with Crippen molar-refractivity contribution in [2.45, 2.75) is 13.3 Å². The van der Waals surface area contributed by atoms with Crippen molar-refractivity contribution in [2.24, 2.45) is 0 Å². The van der Waals surface area contributed by atoms with Gasteiger partial charge in [-0.1, -0.05) is 19.1 Å². The van der Waals surface area contributed by atoms with Crippen LogP contribution in [0.4, 0.5) is 5.69 Å². The number of fused-ring (bicyclic) bond motifs is 1. The highest BCUT2D eigenvalue weighted by atomic mass is 16.1. The Balaban J connectivity index is 2.99. The van der Waals surface area contributed by atoms with Crippen LogP contribution >= 0.6 is 0 Å². The molecule has 1 heterocycles. The molecule has 3 N–H and O–H groups in total. The van der Waals surface area contributed by atoms with E-state index in [9.17, 15) is 4.79 Å². The SMILES string of the molecule is CCc1cccc2c(=O)[nH]cc(N)c12. The van der Waals surface area contributed by atoms with Crippen molar-refractivity contribution in [3.05, 3.63) is 40.3 Å². The number of hydrogen-bond donors (Lipinski definition) is 2. The summed E-state index contributed by atoms with van der Waals surface area (Å²) in [5, 5.41) is 1.56. The lowest BCUT2D eigenvalue weighted by atomic mass is 10.0. The monoisotopic (exact) mass is 188 g/mol. The Morgan fingerprint density at radius 3 is 2.93 bits per heavy atom. The summed E-state index contributed by atoms with van der Waals surface area (Å²) < 4.78 is 0. The lowest BCUT2D eigenvalue weighted by Gasteiger charge is -2.05. The lowest BCUT2D eigenvalue weighted by molar-refractivity contribution is 1.15. The number of nitrogens with one attached hydrogen (secondary N) is 1. The van der Waals surface area contributed by atoms with E-state index in [-0.39, 0.29) is 5.56 Å². The zero-order valence-corrected chi connectivity index (χ0v) is 8.00. The second kappa shape index (κ2) is 3.18. The van der Waals surface area contributed by atoms with E-state index in [0.717, 1.165) is 17.4 Å². The van der Waals surface area contributed by atoms with E-state index < -0.39 is 0 Å². The number of H-pyrrole nitrogens is 1. The second-order valence-corrected chi connectivity index (χ2v) is 3.27. The predicted octanol–water partition coefficient (Wildman–Crippen LogP) is 1.67. The van der Waals surface area contributed by atoms with Gasteiger partial charge in [0.05, 0.1) is 5.69 Å². The third kappa shape index (κ3) is 1.18. The van der Waals surface area contributed by atoms with Gasteiger partial charge in [0.2, 0.25) is 0 Å². The van der Waals surface area contributed by atoms with Crippen LogP contribution in [0, 0.1) is 0 Å². The Morgan fingerprint density at radius 2 is 2.21 bits per heavy atom. The Hall–Kier alpha value is -1.77. The molecule has 0 unspecified atom stereocenters. The molecule has 0 amide bonds. The standard InChI is InChI=1S/C11H12N2O/c1-2-7-4-3-5-8-10(7)9(12)6-13-11(8)14/h3-6H,2,12H2,1H3,(H,13,14). The van der Waals surface area contributed by atoms with Crippen LogP contribution in [-0.2, 0) is 6.42 Å². The largest absolute Gasteiger partial charge is 0.397 e. The van der Waals surface area contributed by atoms with E-state index in [2.05, 4.69) is 11.9 Å². The van der Waals surface area contributed by atoms with Gasteiger partial charge in [0.25, 0.3) is 5.56 Å². The van der Waals surface area contributed by atoms with Crippen molar-refractivity contribution in [1.29, 1.82) is 0 Å². The minimum atomic E-state index is -0.0792. The molecule has 0 bridgehead atoms. The van der Waals surface area contributed by atoms with E-state index in [1.165, 1.54) is 0 Å². The minimum absolute atomic E-state index is 0.0792. The fourth-order valence-electron chi connectivity index (χ4n) is 1.72. The average Bonchev–Trinajstić information content (AvgIpc) is 2.23. The molecule has 14 heavy (non-hydrogen) atoms. The number of aromatic nitrogens is 1. The van der Waals surface area contributed by atoms with Gasteiger partial charge in [-0.05, 0) is 18.1 Å². The minimum Gasteiger partial charge on any atom is -0.397 e. The molecule has 3 nitrogen and oxygen atoms in total. The molecule has 0 radical (unpaired) electrons. The van der Waals surface area contributed by atoms with Crippen molar-refractivity contribution in [3.63, 3.8) is 0 Å². The highest BCUT2D eigenvalue weighted by Gasteiger charge is 2.05. The zero-order chi connectivity index (χ0) is 10.1. The summed E-state index contributed by atoms with van der Waals surface area (Å²) in [7, 11) is 0.